The van der Waals surface area contributed by atoms with Crippen molar-refractivity contribution < 1.29 is 5.11 Å². The first-order valence-corrected chi connectivity index (χ1v) is 4.12. The van der Waals surface area contributed by atoms with Crippen LogP contribution in [0.3, 0.4) is 0 Å². The number of benzene rings is 1. The monoisotopic (exact) mass is 181 g/mol. The third-order valence-electron chi connectivity index (χ3n) is 1.82. The average molecular weight is 182 g/mol. The van der Waals surface area contributed by atoms with E-state index >= 15 is 0 Å². The molecule has 2 rings (SSSR count). The number of halogens is 1. The van der Waals surface area contributed by atoms with Gasteiger partial charge in [-0.2, -0.15) is 0 Å². The molecule has 0 fully saturated rings. The minimum Gasteiger partial charge on any atom is -0.495 e. The predicted octanol–water partition coefficient (Wildman–Crippen LogP) is 2.79. The molecule has 0 saturated carbocycles. The Balaban J connectivity index is 2.48. The van der Waals surface area contributed by atoms with Crippen LogP contribution in [0.2, 0.25) is 0 Å². The number of para-hydroxylation sites is 1. The van der Waals surface area contributed by atoms with E-state index in [9.17, 15) is 5.11 Å². The Bertz CT molecular complexity index is 335. The van der Waals surface area contributed by atoms with Crippen LogP contribution in [0.5, 0.6) is 0 Å². The Morgan fingerprint density at radius 3 is 2.92 bits per heavy atom. The SMILES string of the molecule is OC1=CC(Cl)c2ccccc2N1. The summed E-state index contributed by atoms with van der Waals surface area (Å²) in [5.74, 6) is 0.119. The molecule has 1 aliphatic rings. The highest BCUT2D eigenvalue weighted by atomic mass is 35.5. The first-order chi connectivity index (χ1) is 5.77. The van der Waals surface area contributed by atoms with Crippen molar-refractivity contribution in [1.82, 2.24) is 0 Å². The van der Waals surface area contributed by atoms with E-state index < -0.39 is 0 Å². The van der Waals surface area contributed by atoms with Gasteiger partial charge in [0.25, 0.3) is 0 Å². The number of alkyl halides is 1. The summed E-state index contributed by atoms with van der Waals surface area (Å²) in [6.07, 6.45) is 1.57. The number of hydrogen-bond acceptors (Lipinski definition) is 2. The number of anilines is 1. The lowest BCUT2D eigenvalue weighted by Crippen LogP contribution is -2.08. The maximum Gasteiger partial charge on any atom is 0.186 e. The van der Waals surface area contributed by atoms with E-state index in [-0.39, 0.29) is 11.3 Å². The van der Waals surface area contributed by atoms with Crippen molar-refractivity contribution in [3.8, 4) is 0 Å². The maximum atomic E-state index is 9.19. The molecule has 12 heavy (non-hydrogen) atoms. The fourth-order valence-electron chi connectivity index (χ4n) is 1.26. The molecule has 0 aromatic heterocycles. The number of fused-ring (bicyclic) bond motifs is 1. The number of allylic oxidation sites excluding steroid dienone is 1. The third-order valence-corrected chi connectivity index (χ3v) is 2.19. The zero-order chi connectivity index (χ0) is 8.55. The Morgan fingerprint density at radius 2 is 2.08 bits per heavy atom. The molecule has 0 saturated heterocycles. The summed E-state index contributed by atoms with van der Waals surface area (Å²) in [5, 5.41) is 11.8. The summed E-state index contributed by atoms with van der Waals surface area (Å²) in [6.45, 7) is 0. The molecule has 0 spiro atoms. The van der Waals surface area contributed by atoms with Crippen molar-refractivity contribution in [3.63, 3.8) is 0 Å². The fraction of sp³-hybridized carbons (Fsp3) is 0.111. The van der Waals surface area contributed by atoms with Gasteiger partial charge in [0.2, 0.25) is 0 Å². The molecule has 0 amide bonds. The molecule has 0 bridgehead atoms. The van der Waals surface area contributed by atoms with E-state index in [4.69, 9.17) is 11.6 Å². The van der Waals surface area contributed by atoms with Crippen molar-refractivity contribution in [1.29, 1.82) is 0 Å². The maximum absolute atomic E-state index is 9.19. The molecule has 2 N–H and O–H groups in total. The van der Waals surface area contributed by atoms with Crippen molar-refractivity contribution >= 4 is 17.3 Å². The molecule has 1 heterocycles. The summed E-state index contributed by atoms with van der Waals surface area (Å²) in [4.78, 5) is 0. The standard InChI is InChI=1S/C9H8ClNO/c10-7-5-9(12)11-8-4-2-1-3-6(7)8/h1-5,7,11-12H. The largest absolute Gasteiger partial charge is 0.495 e. The molecule has 1 atom stereocenters. The predicted molar refractivity (Wildman–Crippen MR) is 49.4 cm³/mol. The van der Waals surface area contributed by atoms with Crippen LogP contribution < -0.4 is 5.32 Å². The molecular weight excluding hydrogens is 174 g/mol. The lowest BCUT2D eigenvalue weighted by Gasteiger charge is -2.18. The summed E-state index contributed by atoms with van der Waals surface area (Å²) >= 11 is 5.97. The number of hydrogen-bond donors (Lipinski definition) is 2. The van der Waals surface area contributed by atoms with E-state index in [1.807, 2.05) is 24.3 Å². The highest BCUT2D eigenvalue weighted by Gasteiger charge is 2.16. The summed E-state index contributed by atoms with van der Waals surface area (Å²) in [7, 11) is 0. The van der Waals surface area contributed by atoms with Crippen LogP contribution in [-0.4, -0.2) is 5.11 Å². The molecular formula is C9H8ClNO. The molecule has 1 aromatic rings. The zero-order valence-electron chi connectivity index (χ0n) is 6.29. The Hall–Kier alpha value is -1.15. The first-order valence-electron chi connectivity index (χ1n) is 3.68. The van der Waals surface area contributed by atoms with Crippen molar-refractivity contribution in [2.45, 2.75) is 5.38 Å². The third kappa shape index (κ3) is 1.14. The molecule has 62 valence electrons. The first kappa shape index (κ1) is 7.50. The minimum absolute atomic E-state index is 0.119. The lowest BCUT2D eigenvalue weighted by molar-refractivity contribution is 0.415. The highest BCUT2D eigenvalue weighted by molar-refractivity contribution is 6.22. The van der Waals surface area contributed by atoms with Crippen LogP contribution in [0.1, 0.15) is 10.9 Å². The van der Waals surface area contributed by atoms with Crippen LogP contribution >= 0.6 is 11.6 Å². The van der Waals surface area contributed by atoms with E-state index in [1.165, 1.54) is 0 Å². The van der Waals surface area contributed by atoms with Gasteiger partial charge in [-0.15, -0.1) is 11.6 Å². The van der Waals surface area contributed by atoms with Gasteiger partial charge in [-0.3, -0.25) is 0 Å². The second-order valence-electron chi connectivity index (χ2n) is 2.67. The van der Waals surface area contributed by atoms with E-state index in [0.29, 0.717) is 0 Å². The van der Waals surface area contributed by atoms with Crippen molar-refractivity contribution in [2.24, 2.45) is 0 Å². The number of nitrogens with one attached hydrogen (secondary N) is 1. The highest BCUT2D eigenvalue weighted by Crippen LogP contribution is 2.33. The molecule has 0 radical (unpaired) electrons. The number of aliphatic hydroxyl groups is 1. The second-order valence-corrected chi connectivity index (χ2v) is 3.14. The Morgan fingerprint density at radius 1 is 1.33 bits per heavy atom. The van der Waals surface area contributed by atoms with Crippen LogP contribution in [0.4, 0.5) is 5.69 Å². The van der Waals surface area contributed by atoms with E-state index in [0.717, 1.165) is 11.3 Å². The molecule has 1 aromatic carbocycles. The van der Waals surface area contributed by atoms with Gasteiger partial charge < -0.3 is 10.4 Å². The smallest absolute Gasteiger partial charge is 0.186 e. The molecule has 0 aliphatic carbocycles. The normalized spacial score (nSPS) is 20.8. The van der Waals surface area contributed by atoms with Crippen LogP contribution in [0.15, 0.2) is 36.2 Å². The van der Waals surface area contributed by atoms with Crippen molar-refractivity contribution in [3.05, 3.63) is 41.8 Å². The van der Waals surface area contributed by atoms with Crippen molar-refractivity contribution in [2.75, 3.05) is 5.32 Å². The van der Waals surface area contributed by atoms with Gasteiger partial charge >= 0.3 is 0 Å². The number of rotatable bonds is 0. The Kier molecular flexibility index (Phi) is 1.70. The molecule has 3 heteroatoms. The molecule has 1 unspecified atom stereocenters. The van der Waals surface area contributed by atoms with Gasteiger partial charge in [-0.05, 0) is 17.7 Å². The molecule has 1 aliphatic heterocycles. The Labute approximate surface area is 75.5 Å². The molecule has 2 nitrogen and oxygen atoms in total. The van der Waals surface area contributed by atoms with E-state index in [2.05, 4.69) is 5.32 Å². The summed E-state index contributed by atoms with van der Waals surface area (Å²) in [6, 6.07) is 7.64. The van der Waals surface area contributed by atoms with Gasteiger partial charge in [0, 0.05) is 5.69 Å². The van der Waals surface area contributed by atoms with Crippen LogP contribution in [0, 0.1) is 0 Å². The zero-order valence-corrected chi connectivity index (χ0v) is 7.05. The van der Waals surface area contributed by atoms with Gasteiger partial charge in [0.15, 0.2) is 5.88 Å². The fourth-order valence-corrected chi connectivity index (χ4v) is 1.57. The van der Waals surface area contributed by atoms with Gasteiger partial charge in [0.1, 0.15) is 0 Å². The topological polar surface area (TPSA) is 32.3 Å². The quantitative estimate of drug-likeness (QED) is 0.604. The van der Waals surface area contributed by atoms with Crippen LogP contribution in [0.25, 0.3) is 0 Å². The van der Waals surface area contributed by atoms with Gasteiger partial charge in [-0.25, -0.2) is 0 Å². The van der Waals surface area contributed by atoms with Gasteiger partial charge in [-0.1, -0.05) is 18.2 Å². The van der Waals surface area contributed by atoms with Crippen LogP contribution in [-0.2, 0) is 0 Å². The summed E-state index contributed by atoms with van der Waals surface area (Å²) in [5.41, 5.74) is 1.87. The minimum atomic E-state index is -0.234. The summed E-state index contributed by atoms with van der Waals surface area (Å²) < 4.78 is 0. The average Bonchev–Trinajstić information content (AvgIpc) is 2.04. The number of aliphatic hydroxyl groups excluding tert-OH is 1. The second kappa shape index (κ2) is 2.72. The van der Waals surface area contributed by atoms with Gasteiger partial charge in [0.05, 0.1) is 5.38 Å². The lowest BCUT2D eigenvalue weighted by atomic mass is 10.1. The van der Waals surface area contributed by atoms with E-state index in [1.54, 1.807) is 6.08 Å².